The van der Waals surface area contributed by atoms with Crippen molar-refractivity contribution in [2.24, 2.45) is 0 Å². The fourth-order valence-electron chi connectivity index (χ4n) is 1.27. The maximum Gasteiger partial charge on any atom is 0.119 e. The monoisotopic (exact) mass is 261 g/mol. The molecule has 0 radical (unpaired) electrons. The first-order valence-corrected chi connectivity index (χ1v) is 7.04. The molecule has 4 heteroatoms. The SMILES string of the molecule is N#Cc1ccc(OCCSc2cccs2)cc1. The predicted octanol–water partition coefficient (Wildman–Crippen LogP) is 3.79. The van der Waals surface area contributed by atoms with Gasteiger partial charge in [0.25, 0.3) is 0 Å². The summed E-state index contributed by atoms with van der Waals surface area (Å²) in [7, 11) is 0. The van der Waals surface area contributed by atoms with Crippen molar-refractivity contribution in [2.45, 2.75) is 4.21 Å². The third kappa shape index (κ3) is 3.81. The van der Waals surface area contributed by atoms with Crippen LogP contribution in [0.1, 0.15) is 5.56 Å². The molecule has 1 aromatic carbocycles. The van der Waals surface area contributed by atoms with Crippen molar-refractivity contribution in [3.8, 4) is 11.8 Å². The van der Waals surface area contributed by atoms with E-state index in [0.29, 0.717) is 12.2 Å². The van der Waals surface area contributed by atoms with Crippen LogP contribution in [0.5, 0.6) is 5.75 Å². The van der Waals surface area contributed by atoms with Crippen LogP contribution < -0.4 is 4.74 Å². The molecule has 17 heavy (non-hydrogen) atoms. The number of thiophene rings is 1. The highest BCUT2D eigenvalue weighted by molar-refractivity contribution is 8.01. The number of hydrogen-bond acceptors (Lipinski definition) is 4. The zero-order chi connectivity index (χ0) is 11.9. The second-order valence-corrected chi connectivity index (χ2v) is 5.61. The Morgan fingerprint density at radius 3 is 2.71 bits per heavy atom. The normalized spacial score (nSPS) is 9.82. The zero-order valence-electron chi connectivity index (χ0n) is 9.13. The highest BCUT2D eigenvalue weighted by Crippen LogP contribution is 2.23. The lowest BCUT2D eigenvalue weighted by molar-refractivity contribution is 0.344. The molecule has 1 heterocycles. The summed E-state index contributed by atoms with van der Waals surface area (Å²) < 4.78 is 6.89. The summed E-state index contributed by atoms with van der Waals surface area (Å²) in [6, 6.07) is 13.4. The van der Waals surface area contributed by atoms with E-state index in [2.05, 4.69) is 23.6 Å². The lowest BCUT2D eigenvalue weighted by Gasteiger charge is -2.04. The van der Waals surface area contributed by atoms with E-state index in [1.54, 1.807) is 35.2 Å². The number of nitriles is 1. The first-order chi connectivity index (χ1) is 8.38. The van der Waals surface area contributed by atoms with Crippen molar-refractivity contribution in [2.75, 3.05) is 12.4 Å². The van der Waals surface area contributed by atoms with E-state index in [-0.39, 0.29) is 0 Å². The largest absolute Gasteiger partial charge is 0.493 e. The second kappa shape index (κ2) is 6.33. The molecule has 0 bridgehead atoms. The summed E-state index contributed by atoms with van der Waals surface area (Å²) >= 11 is 3.54. The van der Waals surface area contributed by atoms with Crippen LogP contribution in [-0.2, 0) is 0 Å². The summed E-state index contributed by atoms with van der Waals surface area (Å²) in [4.78, 5) is 0. The lowest BCUT2D eigenvalue weighted by Crippen LogP contribution is -1.99. The Labute approximate surface area is 109 Å². The zero-order valence-corrected chi connectivity index (χ0v) is 10.8. The van der Waals surface area contributed by atoms with Gasteiger partial charge >= 0.3 is 0 Å². The van der Waals surface area contributed by atoms with Gasteiger partial charge in [-0.1, -0.05) is 6.07 Å². The molecule has 0 N–H and O–H groups in total. The van der Waals surface area contributed by atoms with E-state index >= 15 is 0 Å². The van der Waals surface area contributed by atoms with Gasteiger partial charge in [-0.05, 0) is 35.7 Å². The highest BCUT2D eigenvalue weighted by Gasteiger charge is 1.97. The van der Waals surface area contributed by atoms with Gasteiger partial charge in [0.2, 0.25) is 0 Å². The summed E-state index contributed by atoms with van der Waals surface area (Å²) in [5, 5.41) is 10.7. The molecule has 0 spiro atoms. The summed E-state index contributed by atoms with van der Waals surface area (Å²) in [5.74, 6) is 1.75. The topological polar surface area (TPSA) is 33.0 Å². The van der Waals surface area contributed by atoms with Gasteiger partial charge in [-0.25, -0.2) is 0 Å². The smallest absolute Gasteiger partial charge is 0.119 e. The average molecular weight is 261 g/mol. The summed E-state index contributed by atoms with van der Waals surface area (Å²) in [6.07, 6.45) is 0. The van der Waals surface area contributed by atoms with Crippen molar-refractivity contribution in [3.63, 3.8) is 0 Å². The third-order valence-electron chi connectivity index (χ3n) is 2.07. The third-order valence-corrected chi connectivity index (χ3v) is 4.17. The minimum absolute atomic E-state index is 0.658. The molecule has 0 saturated carbocycles. The molecule has 0 aliphatic heterocycles. The Morgan fingerprint density at radius 1 is 1.24 bits per heavy atom. The first-order valence-electron chi connectivity index (χ1n) is 5.18. The Hall–Kier alpha value is -1.44. The van der Waals surface area contributed by atoms with E-state index in [0.717, 1.165) is 11.5 Å². The number of thioether (sulfide) groups is 1. The quantitative estimate of drug-likeness (QED) is 0.606. The van der Waals surface area contributed by atoms with Crippen molar-refractivity contribution in [1.82, 2.24) is 0 Å². The summed E-state index contributed by atoms with van der Waals surface area (Å²) in [6.45, 7) is 0.675. The number of hydrogen-bond donors (Lipinski definition) is 0. The fourth-order valence-corrected chi connectivity index (χ4v) is 2.95. The maximum atomic E-state index is 8.66. The van der Waals surface area contributed by atoms with Gasteiger partial charge < -0.3 is 4.74 Å². The van der Waals surface area contributed by atoms with Crippen LogP contribution in [-0.4, -0.2) is 12.4 Å². The number of nitrogens with zero attached hydrogens (tertiary/aromatic N) is 1. The second-order valence-electron chi connectivity index (χ2n) is 3.27. The molecule has 1 aromatic heterocycles. The average Bonchev–Trinajstić information content (AvgIpc) is 2.88. The first kappa shape index (κ1) is 12.0. The Kier molecular flexibility index (Phi) is 4.48. The molecular formula is C13H11NOS2. The molecule has 0 aliphatic rings. The van der Waals surface area contributed by atoms with E-state index in [4.69, 9.17) is 10.00 Å². The Balaban J connectivity index is 1.73. The van der Waals surface area contributed by atoms with E-state index in [1.807, 2.05) is 12.1 Å². The Morgan fingerprint density at radius 2 is 2.06 bits per heavy atom. The van der Waals surface area contributed by atoms with Gasteiger partial charge in [-0.2, -0.15) is 5.26 Å². The van der Waals surface area contributed by atoms with Gasteiger partial charge in [0.1, 0.15) is 5.75 Å². The van der Waals surface area contributed by atoms with Crippen molar-refractivity contribution >= 4 is 23.1 Å². The van der Waals surface area contributed by atoms with Crippen LogP contribution in [0.25, 0.3) is 0 Å². The molecule has 2 rings (SSSR count). The predicted molar refractivity (Wildman–Crippen MR) is 71.7 cm³/mol. The van der Waals surface area contributed by atoms with Gasteiger partial charge in [0, 0.05) is 5.75 Å². The molecule has 86 valence electrons. The molecule has 0 aliphatic carbocycles. The van der Waals surface area contributed by atoms with Gasteiger partial charge in [0.05, 0.1) is 22.4 Å². The lowest BCUT2D eigenvalue weighted by atomic mass is 10.2. The number of ether oxygens (including phenoxy) is 1. The van der Waals surface area contributed by atoms with Gasteiger partial charge in [-0.15, -0.1) is 23.1 Å². The van der Waals surface area contributed by atoms with Gasteiger partial charge in [-0.3, -0.25) is 0 Å². The molecule has 0 saturated heterocycles. The van der Waals surface area contributed by atoms with Crippen LogP contribution in [0.15, 0.2) is 46.0 Å². The van der Waals surface area contributed by atoms with E-state index in [9.17, 15) is 0 Å². The Bertz CT molecular complexity index is 485. The number of rotatable bonds is 5. The molecule has 2 aromatic rings. The molecule has 0 unspecified atom stereocenters. The molecule has 0 atom stereocenters. The van der Waals surface area contributed by atoms with Crippen LogP contribution in [0, 0.1) is 11.3 Å². The van der Waals surface area contributed by atoms with E-state index < -0.39 is 0 Å². The van der Waals surface area contributed by atoms with Crippen LogP contribution in [0.4, 0.5) is 0 Å². The molecule has 0 fully saturated rings. The number of benzene rings is 1. The minimum Gasteiger partial charge on any atom is -0.493 e. The van der Waals surface area contributed by atoms with E-state index in [1.165, 1.54) is 4.21 Å². The summed E-state index contributed by atoms with van der Waals surface area (Å²) in [5.41, 5.74) is 0.658. The molecule has 2 nitrogen and oxygen atoms in total. The van der Waals surface area contributed by atoms with Crippen LogP contribution >= 0.6 is 23.1 Å². The van der Waals surface area contributed by atoms with Crippen LogP contribution in [0.2, 0.25) is 0 Å². The molecule has 0 amide bonds. The minimum atomic E-state index is 0.658. The fraction of sp³-hybridized carbons (Fsp3) is 0.154. The highest BCUT2D eigenvalue weighted by atomic mass is 32.2. The molecular weight excluding hydrogens is 250 g/mol. The van der Waals surface area contributed by atoms with Gasteiger partial charge in [0.15, 0.2) is 0 Å². The van der Waals surface area contributed by atoms with Crippen molar-refractivity contribution in [1.29, 1.82) is 5.26 Å². The standard InChI is InChI=1S/C13H11NOS2/c14-10-11-3-5-12(6-4-11)15-7-9-17-13-2-1-8-16-13/h1-6,8H,7,9H2. The van der Waals surface area contributed by atoms with Crippen molar-refractivity contribution in [3.05, 3.63) is 47.3 Å². The van der Waals surface area contributed by atoms with Crippen molar-refractivity contribution < 1.29 is 4.74 Å². The maximum absolute atomic E-state index is 8.66. The van der Waals surface area contributed by atoms with Crippen LogP contribution in [0.3, 0.4) is 0 Å².